The Morgan fingerprint density at radius 1 is 1.15 bits per heavy atom. The van der Waals surface area contributed by atoms with E-state index in [9.17, 15) is 0 Å². The Labute approximate surface area is 118 Å². The summed E-state index contributed by atoms with van der Waals surface area (Å²) < 4.78 is 11.2. The van der Waals surface area contributed by atoms with Crippen LogP contribution in [-0.2, 0) is 0 Å². The van der Waals surface area contributed by atoms with Crippen LogP contribution in [0.2, 0.25) is 0 Å². The van der Waals surface area contributed by atoms with E-state index in [1.54, 1.807) is 0 Å². The SMILES string of the molecule is CCOc1ccc(-c2n[nH]c(C3CC3)n2)cc1OCC. The molecule has 5 heteroatoms. The van der Waals surface area contributed by atoms with Crippen LogP contribution in [0.25, 0.3) is 11.4 Å². The molecule has 0 bridgehead atoms. The highest BCUT2D eigenvalue weighted by Crippen LogP contribution is 2.39. The average Bonchev–Trinajstić information content (AvgIpc) is 3.19. The maximum Gasteiger partial charge on any atom is 0.181 e. The van der Waals surface area contributed by atoms with E-state index in [4.69, 9.17) is 9.47 Å². The van der Waals surface area contributed by atoms with Crippen molar-refractivity contribution < 1.29 is 9.47 Å². The van der Waals surface area contributed by atoms with Crippen LogP contribution in [0.15, 0.2) is 18.2 Å². The van der Waals surface area contributed by atoms with Crippen LogP contribution in [0.3, 0.4) is 0 Å². The molecule has 0 radical (unpaired) electrons. The van der Waals surface area contributed by atoms with Crippen molar-refractivity contribution in [2.24, 2.45) is 0 Å². The van der Waals surface area contributed by atoms with Gasteiger partial charge in [0, 0.05) is 11.5 Å². The lowest BCUT2D eigenvalue weighted by Gasteiger charge is -2.11. The molecule has 5 nitrogen and oxygen atoms in total. The molecule has 3 rings (SSSR count). The number of hydrogen-bond donors (Lipinski definition) is 1. The molecule has 0 atom stereocenters. The van der Waals surface area contributed by atoms with E-state index in [1.165, 1.54) is 12.8 Å². The molecule has 0 spiro atoms. The Morgan fingerprint density at radius 2 is 1.90 bits per heavy atom. The molecular formula is C15H19N3O2. The number of aromatic nitrogens is 3. The summed E-state index contributed by atoms with van der Waals surface area (Å²) in [5.41, 5.74) is 0.944. The number of hydrogen-bond acceptors (Lipinski definition) is 4. The van der Waals surface area contributed by atoms with Crippen LogP contribution in [0.5, 0.6) is 11.5 Å². The first-order chi connectivity index (χ1) is 9.81. The quantitative estimate of drug-likeness (QED) is 0.878. The van der Waals surface area contributed by atoms with Crippen LogP contribution >= 0.6 is 0 Å². The normalized spacial score (nSPS) is 14.3. The average molecular weight is 273 g/mol. The Kier molecular flexibility index (Phi) is 3.58. The highest BCUT2D eigenvalue weighted by molar-refractivity contribution is 5.61. The number of H-pyrrole nitrogens is 1. The third-order valence-corrected chi connectivity index (χ3v) is 3.27. The van der Waals surface area contributed by atoms with Crippen molar-refractivity contribution in [3.63, 3.8) is 0 Å². The van der Waals surface area contributed by atoms with E-state index in [-0.39, 0.29) is 0 Å². The van der Waals surface area contributed by atoms with Gasteiger partial charge in [-0.1, -0.05) is 0 Å². The number of nitrogens with one attached hydrogen (secondary N) is 1. The second-order valence-electron chi connectivity index (χ2n) is 4.85. The molecule has 1 aliphatic carbocycles. The minimum absolute atomic E-state index is 0.574. The predicted octanol–water partition coefficient (Wildman–Crippen LogP) is 3.15. The second kappa shape index (κ2) is 5.53. The maximum atomic E-state index is 5.63. The van der Waals surface area contributed by atoms with Gasteiger partial charge in [0.05, 0.1) is 13.2 Å². The van der Waals surface area contributed by atoms with Gasteiger partial charge >= 0.3 is 0 Å². The van der Waals surface area contributed by atoms with E-state index in [0.717, 1.165) is 28.7 Å². The van der Waals surface area contributed by atoms with Crippen LogP contribution in [0.4, 0.5) is 0 Å². The van der Waals surface area contributed by atoms with Gasteiger partial charge in [0.25, 0.3) is 0 Å². The van der Waals surface area contributed by atoms with E-state index < -0.39 is 0 Å². The summed E-state index contributed by atoms with van der Waals surface area (Å²) in [7, 11) is 0. The van der Waals surface area contributed by atoms with E-state index in [0.29, 0.717) is 19.1 Å². The van der Waals surface area contributed by atoms with Gasteiger partial charge in [-0.3, -0.25) is 5.10 Å². The number of aromatic amines is 1. The zero-order valence-corrected chi connectivity index (χ0v) is 11.8. The van der Waals surface area contributed by atoms with E-state index >= 15 is 0 Å². The minimum Gasteiger partial charge on any atom is -0.490 e. The van der Waals surface area contributed by atoms with Gasteiger partial charge in [-0.2, -0.15) is 5.10 Å². The topological polar surface area (TPSA) is 60.0 Å². The van der Waals surface area contributed by atoms with Crippen LogP contribution in [0, 0.1) is 0 Å². The molecule has 1 aromatic carbocycles. The molecule has 1 saturated carbocycles. The maximum absolute atomic E-state index is 5.63. The largest absolute Gasteiger partial charge is 0.490 e. The highest BCUT2D eigenvalue weighted by atomic mass is 16.5. The van der Waals surface area contributed by atoms with Crippen molar-refractivity contribution in [1.82, 2.24) is 15.2 Å². The summed E-state index contributed by atoms with van der Waals surface area (Å²) in [5, 5.41) is 7.32. The predicted molar refractivity (Wildman–Crippen MR) is 76.1 cm³/mol. The smallest absolute Gasteiger partial charge is 0.181 e. The molecule has 0 aliphatic heterocycles. The monoisotopic (exact) mass is 273 g/mol. The number of ether oxygens (including phenoxy) is 2. The fourth-order valence-electron chi connectivity index (χ4n) is 2.13. The highest BCUT2D eigenvalue weighted by Gasteiger charge is 2.27. The molecule has 0 unspecified atom stereocenters. The first kappa shape index (κ1) is 13.0. The molecular weight excluding hydrogens is 254 g/mol. The Bertz CT molecular complexity index is 591. The van der Waals surface area contributed by atoms with Gasteiger partial charge in [0.15, 0.2) is 17.3 Å². The van der Waals surface area contributed by atoms with Crippen LogP contribution in [-0.4, -0.2) is 28.4 Å². The Hall–Kier alpha value is -2.04. The van der Waals surface area contributed by atoms with Crippen molar-refractivity contribution >= 4 is 0 Å². The second-order valence-corrected chi connectivity index (χ2v) is 4.85. The number of nitrogens with zero attached hydrogens (tertiary/aromatic N) is 2. The van der Waals surface area contributed by atoms with Crippen molar-refractivity contribution in [3.8, 4) is 22.9 Å². The van der Waals surface area contributed by atoms with Crippen LogP contribution in [0.1, 0.15) is 38.4 Å². The Morgan fingerprint density at radius 3 is 2.60 bits per heavy atom. The Balaban J connectivity index is 1.89. The standard InChI is InChI=1S/C15H19N3O2/c1-3-19-12-8-7-11(9-13(12)20-4-2)15-16-14(17-18-15)10-5-6-10/h7-10H,3-6H2,1-2H3,(H,16,17,18). The summed E-state index contributed by atoms with van der Waals surface area (Å²) in [4.78, 5) is 4.56. The molecule has 1 fully saturated rings. The van der Waals surface area contributed by atoms with Gasteiger partial charge in [0.1, 0.15) is 5.82 Å². The van der Waals surface area contributed by atoms with Crippen LogP contribution < -0.4 is 9.47 Å². The van der Waals surface area contributed by atoms with Gasteiger partial charge in [-0.25, -0.2) is 4.98 Å². The molecule has 1 N–H and O–H groups in total. The van der Waals surface area contributed by atoms with Crippen molar-refractivity contribution in [1.29, 1.82) is 0 Å². The molecule has 1 aliphatic rings. The third kappa shape index (κ3) is 2.61. The molecule has 0 amide bonds. The molecule has 2 aromatic rings. The van der Waals surface area contributed by atoms with E-state index in [2.05, 4.69) is 15.2 Å². The fraction of sp³-hybridized carbons (Fsp3) is 0.467. The van der Waals surface area contributed by atoms with Gasteiger partial charge in [0.2, 0.25) is 0 Å². The first-order valence-electron chi connectivity index (χ1n) is 7.14. The summed E-state index contributed by atoms with van der Waals surface area (Å²) >= 11 is 0. The van der Waals surface area contributed by atoms with Gasteiger partial charge in [-0.05, 0) is 44.9 Å². The van der Waals surface area contributed by atoms with Crippen molar-refractivity contribution in [2.75, 3.05) is 13.2 Å². The summed E-state index contributed by atoms with van der Waals surface area (Å²) in [6.07, 6.45) is 2.42. The van der Waals surface area contributed by atoms with E-state index in [1.807, 2.05) is 32.0 Å². The van der Waals surface area contributed by atoms with Crippen molar-refractivity contribution in [2.45, 2.75) is 32.6 Å². The molecule has 1 heterocycles. The fourth-order valence-corrected chi connectivity index (χ4v) is 2.13. The molecule has 0 saturated heterocycles. The summed E-state index contributed by atoms with van der Waals surface area (Å²) in [6, 6.07) is 5.82. The lowest BCUT2D eigenvalue weighted by Crippen LogP contribution is -1.98. The zero-order valence-electron chi connectivity index (χ0n) is 11.8. The summed E-state index contributed by atoms with van der Waals surface area (Å²) in [6.45, 7) is 5.14. The molecule has 1 aromatic heterocycles. The zero-order chi connectivity index (χ0) is 13.9. The number of benzene rings is 1. The van der Waals surface area contributed by atoms with Gasteiger partial charge in [-0.15, -0.1) is 0 Å². The van der Waals surface area contributed by atoms with Crippen molar-refractivity contribution in [3.05, 3.63) is 24.0 Å². The lowest BCUT2D eigenvalue weighted by molar-refractivity contribution is 0.288. The molecule has 20 heavy (non-hydrogen) atoms. The minimum atomic E-state index is 0.574. The lowest BCUT2D eigenvalue weighted by atomic mass is 10.2. The summed E-state index contributed by atoms with van der Waals surface area (Å²) in [5.74, 6) is 3.79. The first-order valence-corrected chi connectivity index (χ1v) is 7.14. The molecule has 106 valence electrons. The number of rotatable bonds is 6. The van der Waals surface area contributed by atoms with Gasteiger partial charge < -0.3 is 9.47 Å². The third-order valence-electron chi connectivity index (χ3n) is 3.27.